The summed E-state index contributed by atoms with van der Waals surface area (Å²) >= 11 is 0. The van der Waals surface area contributed by atoms with Crippen molar-refractivity contribution in [1.82, 2.24) is 19.7 Å². The van der Waals surface area contributed by atoms with Gasteiger partial charge in [-0.15, -0.1) is 10.2 Å². The molecule has 0 unspecified atom stereocenters. The van der Waals surface area contributed by atoms with Crippen LogP contribution in [0.3, 0.4) is 0 Å². The Bertz CT molecular complexity index is 405. The summed E-state index contributed by atoms with van der Waals surface area (Å²) in [6.07, 6.45) is 4.76. The predicted molar refractivity (Wildman–Crippen MR) is 68.1 cm³/mol. The fourth-order valence-electron chi connectivity index (χ4n) is 2.86. The van der Waals surface area contributed by atoms with Crippen LogP contribution in [0.4, 0.5) is 0 Å². The second-order valence-corrected chi connectivity index (χ2v) is 5.67. The van der Waals surface area contributed by atoms with E-state index in [0.29, 0.717) is 18.6 Å². The third kappa shape index (κ3) is 2.42. The summed E-state index contributed by atoms with van der Waals surface area (Å²) in [5.74, 6) is 2.68. The minimum atomic E-state index is 0.338. The zero-order chi connectivity index (χ0) is 12.5. The molecule has 0 atom stereocenters. The van der Waals surface area contributed by atoms with Crippen LogP contribution in [0.5, 0.6) is 0 Å². The van der Waals surface area contributed by atoms with E-state index in [4.69, 9.17) is 5.11 Å². The van der Waals surface area contributed by atoms with Crippen molar-refractivity contribution in [2.75, 3.05) is 19.7 Å². The van der Waals surface area contributed by atoms with E-state index in [1.807, 2.05) is 6.92 Å². The molecular formula is C13H22N4O. The van der Waals surface area contributed by atoms with Gasteiger partial charge in [0.15, 0.2) is 0 Å². The monoisotopic (exact) mass is 250 g/mol. The number of hydrogen-bond donors (Lipinski definition) is 1. The van der Waals surface area contributed by atoms with Crippen LogP contribution in [0.15, 0.2) is 0 Å². The van der Waals surface area contributed by atoms with Crippen molar-refractivity contribution >= 4 is 0 Å². The molecule has 0 aromatic carbocycles. The van der Waals surface area contributed by atoms with Gasteiger partial charge in [0.2, 0.25) is 0 Å². The maximum absolute atomic E-state index is 9.15. The molecule has 5 nitrogen and oxygen atoms in total. The molecule has 1 N–H and O–H groups in total. The maximum atomic E-state index is 9.15. The van der Waals surface area contributed by atoms with E-state index in [1.54, 1.807) is 0 Å². The first-order chi connectivity index (χ1) is 8.78. The summed E-state index contributed by atoms with van der Waals surface area (Å²) in [7, 11) is 0. The number of aryl methyl sites for hydroxylation is 1. The SMILES string of the molecule is Cc1nnc(CN2CCC(CO)CC2)n1C1CC1. The highest BCUT2D eigenvalue weighted by atomic mass is 16.3. The zero-order valence-corrected chi connectivity index (χ0v) is 11.0. The van der Waals surface area contributed by atoms with Gasteiger partial charge in [-0.25, -0.2) is 0 Å². The largest absolute Gasteiger partial charge is 0.396 e. The molecule has 1 saturated carbocycles. The van der Waals surface area contributed by atoms with Gasteiger partial charge in [-0.2, -0.15) is 0 Å². The lowest BCUT2D eigenvalue weighted by Crippen LogP contribution is -2.35. The summed E-state index contributed by atoms with van der Waals surface area (Å²) in [6, 6.07) is 0.657. The Morgan fingerprint density at radius 3 is 2.50 bits per heavy atom. The van der Waals surface area contributed by atoms with Crippen molar-refractivity contribution in [3.63, 3.8) is 0 Å². The van der Waals surface area contributed by atoms with Gasteiger partial charge in [0.05, 0.1) is 6.54 Å². The Kier molecular flexibility index (Phi) is 3.35. The van der Waals surface area contributed by atoms with E-state index in [0.717, 1.165) is 44.1 Å². The molecule has 5 heteroatoms. The number of nitrogens with zero attached hydrogens (tertiary/aromatic N) is 4. The van der Waals surface area contributed by atoms with Crippen LogP contribution in [0, 0.1) is 12.8 Å². The summed E-state index contributed by atoms with van der Waals surface area (Å²) in [5, 5.41) is 17.7. The highest BCUT2D eigenvalue weighted by Crippen LogP contribution is 2.36. The maximum Gasteiger partial charge on any atom is 0.147 e. The molecule has 3 rings (SSSR count). The van der Waals surface area contributed by atoms with Crippen LogP contribution < -0.4 is 0 Å². The molecule has 0 spiro atoms. The van der Waals surface area contributed by atoms with Crippen LogP contribution in [-0.2, 0) is 6.54 Å². The third-order valence-electron chi connectivity index (χ3n) is 4.18. The van der Waals surface area contributed by atoms with Crippen LogP contribution in [0.2, 0.25) is 0 Å². The van der Waals surface area contributed by atoms with E-state index in [9.17, 15) is 0 Å². The smallest absolute Gasteiger partial charge is 0.147 e. The summed E-state index contributed by atoms with van der Waals surface area (Å²) in [5.41, 5.74) is 0. The quantitative estimate of drug-likeness (QED) is 0.870. The van der Waals surface area contributed by atoms with Gasteiger partial charge in [-0.05, 0) is 51.6 Å². The highest BCUT2D eigenvalue weighted by Gasteiger charge is 2.29. The Morgan fingerprint density at radius 2 is 1.89 bits per heavy atom. The Balaban J connectivity index is 1.63. The second kappa shape index (κ2) is 4.97. The Morgan fingerprint density at radius 1 is 1.17 bits per heavy atom. The molecule has 0 radical (unpaired) electrons. The van der Waals surface area contributed by atoms with Gasteiger partial charge in [0.1, 0.15) is 11.6 Å². The minimum absolute atomic E-state index is 0.338. The molecule has 1 aliphatic heterocycles. The van der Waals surface area contributed by atoms with Gasteiger partial charge in [0.25, 0.3) is 0 Å². The summed E-state index contributed by atoms with van der Waals surface area (Å²) < 4.78 is 2.32. The van der Waals surface area contributed by atoms with Crippen LogP contribution in [0.1, 0.15) is 43.4 Å². The van der Waals surface area contributed by atoms with Crippen molar-refractivity contribution in [1.29, 1.82) is 0 Å². The first-order valence-electron chi connectivity index (χ1n) is 7.01. The number of aromatic nitrogens is 3. The van der Waals surface area contributed by atoms with Crippen LogP contribution in [-0.4, -0.2) is 44.5 Å². The molecule has 1 aliphatic carbocycles. The second-order valence-electron chi connectivity index (χ2n) is 5.67. The zero-order valence-electron chi connectivity index (χ0n) is 11.0. The van der Waals surface area contributed by atoms with Gasteiger partial charge >= 0.3 is 0 Å². The van der Waals surface area contributed by atoms with Crippen molar-refractivity contribution in [2.24, 2.45) is 5.92 Å². The van der Waals surface area contributed by atoms with Crippen molar-refractivity contribution in [3.8, 4) is 0 Å². The normalized spacial score (nSPS) is 22.6. The molecular weight excluding hydrogens is 228 g/mol. The minimum Gasteiger partial charge on any atom is -0.396 e. The molecule has 2 fully saturated rings. The number of aliphatic hydroxyl groups is 1. The van der Waals surface area contributed by atoms with Gasteiger partial charge in [-0.3, -0.25) is 4.90 Å². The topological polar surface area (TPSA) is 54.2 Å². The summed E-state index contributed by atoms with van der Waals surface area (Å²) in [6.45, 7) is 5.44. The Hall–Kier alpha value is -0.940. The lowest BCUT2D eigenvalue weighted by Gasteiger charge is -2.30. The third-order valence-corrected chi connectivity index (χ3v) is 4.18. The van der Waals surface area contributed by atoms with E-state index >= 15 is 0 Å². The van der Waals surface area contributed by atoms with E-state index in [2.05, 4.69) is 19.7 Å². The Labute approximate surface area is 108 Å². The number of rotatable bonds is 4. The van der Waals surface area contributed by atoms with E-state index < -0.39 is 0 Å². The first kappa shape index (κ1) is 12.1. The highest BCUT2D eigenvalue weighted by molar-refractivity contribution is 5.01. The average molecular weight is 250 g/mol. The molecule has 100 valence electrons. The molecule has 1 aromatic heterocycles. The lowest BCUT2D eigenvalue weighted by atomic mass is 9.98. The van der Waals surface area contributed by atoms with Crippen LogP contribution in [0.25, 0.3) is 0 Å². The number of likely N-dealkylation sites (tertiary alicyclic amines) is 1. The number of hydrogen-bond acceptors (Lipinski definition) is 4. The molecule has 2 aliphatic rings. The average Bonchev–Trinajstić information content (AvgIpc) is 3.16. The molecule has 0 bridgehead atoms. The summed E-state index contributed by atoms with van der Waals surface area (Å²) in [4.78, 5) is 2.44. The molecule has 18 heavy (non-hydrogen) atoms. The predicted octanol–water partition coefficient (Wildman–Crippen LogP) is 1.13. The molecule has 0 amide bonds. The van der Waals surface area contributed by atoms with Gasteiger partial charge in [-0.1, -0.05) is 0 Å². The first-order valence-corrected chi connectivity index (χ1v) is 7.01. The van der Waals surface area contributed by atoms with E-state index in [-0.39, 0.29) is 0 Å². The van der Waals surface area contributed by atoms with Crippen molar-refractivity contribution < 1.29 is 5.11 Å². The molecule has 1 aromatic rings. The fraction of sp³-hybridized carbons (Fsp3) is 0.846. The molecule has 2 heterocycles. The fourth-order valence-corrected chi connectivity index (χ4v) is 2.86. The van der Waals surface area contributed by atoms with Gasteiger partial charge in [0, 0.05) is 12.6 Å². The van der Waals surface area contributed by atoms with Crippen LogP contribution >= 0.6 is 0 Å². The number of aliphatic hydroxyl groups excluding tert-OH is 1. The van der Waals surface area contributed by atoms with Crippen molar-refractivity contribution in [2.45, 2.75) is 45.2 Å². The van der Waals surface area contributed by atoms with E-state index in [1.165, 1.54) is 12.8 Å². The lowest BCUT2D eigenvalue weighted by molar-refractivity contribution is 0.124. The molecule has 1 saturated heterocycles. The standard InChI is InChI=1S/C13H22N4O/c1-10-14-15-13(17(10)12-2-3-12)8-16-6-4-11(9-18)5-7-16/h11-12,18H,2-9H2,1H3. The van der Waals surface area contributed by atoms with Gasteiger partial charge < -0.3 is 9.67 Å². The van der Waals surface area contributed by atoms with Crippen molar-refractivity contribution in [3.05, 3.63) is 11.6 Å². The number of piperidine rings is 1.